The number of alkyl halides is 2. The van der Waals surface area contributed by atoms with Gasteiger partial charge >= 0.3 is 6.61 Å². The van der Waals surface area contributed by atoms with Gasteiger partial charge in [0, 0.05) is 31.0 Å². The molecule has 0 atom stereocenters. The van der Waals surface area contributed by atoms with Crippen molar-refractivity contribution in [1.29, 1.82) is 5.26 Å². The van der Waals surface area contributed by atoms with Crippen LogP contribution in [0.4, 0.5) is 20.2 Å². The first-order valence-corrected chi connectivity index (χ1v) is 10.5. The number of hydrogen-bond acceptors (Lipinski definition) is 7. The number of pyridine rings is 1. The fourth-order valence-electron chi connectivity index (χ4n) is 3.48. The third kappa shape index (κ3) is 4.93. The SMILES string of the molecule is C/C=C(C#N)\C=C(/CCC)c1ncc(C(=O)NC)c2c1Oc1cc(OC(F)F)cc(OC)c1N2. The van der Waals surface area contributed by atoms with Crippen LogP contribution >= 0.6 is 0 Å². The number of amides is 1. The van der Waals surface area contributed by atoms with Crippen LogP contribution < -0.4 is 24.8 Å². The highest BCUT2D eigenvalue weighted by Crippen LogP contribution is 2.51. The molecule has 1 aromatic carbocycles. The van der Waals surface area contributed by atoms with Gasteiger partial charge in [0.15, 0.2) is 11.5 Å². The molecule has 178 valence electrons. The number of carbonyl (C=O) groups is 1. The molecule has 1 amide bonds. The van der Waals surface area contributed by atoms with Crippen molar-refractivity contribution in [3.63, 3.8) is 0 Å². The number of nitrogens with zero attached hydrogens (tertiary/aromatic N) is 2. The second kappa shape index (κ2) is 10.7. The van der Waals surface area contributed by atoms with E-state index >= 15 is 0 Å². The summed E-state index contributed by atoms with van der Waals surface area (Å²) in [4.78, 5) is 17.0. The Morgan fingerprint density at radius 1 is 1.38 bits per heavy atom. The fourth-order valence-corrected chi connectivity index (χ4v) is 3.48. The van der Waals surface area contributed by atoms with Crippen LogP contribution in [-0.2, 0) is 0 Å². The number of benzene rings is 1. The molecule has 8 nitrogen and oxygen atoms in total. The minimum Gasteiger partial charge on any atom is -0.494 e. The molecule has 0 saturated heterocycles. The summed E-state index contributed by atoms with van der Waals surface area (Å²) < 4.78 is 41.7. The number of anilines is 2. The van der Waals surface area contributed by atoms with Gasteiger partial charge in [0.05, 0.1) is 24.4 Å². The average molecular weight is 470 g/mol. The average Bonchev–Trinajstić information content (AvgIpc) is 2.83. The maximum atomic E-state index is 12.8. The van der Waals surface area contributed by atoms with Gasteiger partial charge in [0.1, 0.15) is 22.9 Å². The Morgan fingerprint density at radius 2 is 2.15 bits per heavy atom. The molecule has 0 bridgehead atoms. The number of nitrogens with one attached hydrogen (secondary N) is 2. The molecular formula is C24H24F2N4O4. The molecule has 0 spiro atoms. The lowest BCUT2D eigenvalue weighted by Crippen LogP contribution is -2.21. The van der Waals surface area contributed by atoms with E-state index in [0.29, 0.717) is 34.6 Å². The predicted molar refractivity (Wildman–Crippen MR) is 123 cm³/mol. The molecule has 10 heteroatoms. The number of rotatable bonds is 8. The first-order chi connectivity index (χ1) is 16.4. The molecule has 2 aromatic rings. The monoisotopic (exact) mass is 470 g/mol. The summed E-state index contributed by atoms with van der Waals surface area (Å²) in [6.45, 7) is 0.697. The van der Waals surface area contributed by atoms with Crippen LogP contribution in [0.25, 0.3) is 5.57 Å². The van der Waals surface area contributed by atoms with E-state index in [0.717, 1.165) is 6.42 Å². The maximum Gasteiger partial charge on any atom is 0.387 e. The normalized spacial score (nSPS) is 12.6. The lowest BCUT2D eigenvalue weighted by atomic mass is 9.99. The molecule has 0 saturated carbocycles. The Balaban J connectivity index is 2.25. The summed E-state index contributed by atoms with van der Waals surface area (Å²) >= 11 is 0. The lowest BCUT2D eigenvalue weighted by molar-refractivity contribution is -0.0499. The van der Waals surface area contributed by atoms with E-state index in [1.807, 2.05) is 6.92 Å². The van der Waals surface area contributed by atoms with E-state index in [2.05, 4.69) is 26.4 Å². The number of carbonyl (C=O) groups excluding carboxylic acids is 1. The molecule has 34 heavy (non-hydrogen) atoms. The summed E-state index contributed by atoms with van der Waals surface area (Å²) in [5.74, 6) is 0.00134. The highest BCUT2D eigenvalue weighted by atomic mass is 19.3. The van der Waals surface area contributed by atoms with Gasteiger partial charge in [-0.1, -0.05) is 19.4 Å². The van der Waals surface area contributed by atoms with E-state index < -0.39 is 12.5 Å². The van der Waals surface area contributed by atoms with Crippen LogP contribution in [0.5, 0.6) is 23.0 Å². The highest BCUT2D eigenvalue weighted by molar-refractivity contribution is 6.03. The minimum absolute atomic E-state index is 0.155. The largest absolute Gasteiger partial charge is 0.494 e. The van der Waals surface area contributed by atoms with Crippen LogP contribution in [0, 0.1) is 11.3 Å². The van der Waals surface area contributed by atoms with Gasteiger partial charge in [0.2, 0.25) is 0 Å². The number of allylic oxidation sites excluding steroid dienone is 4. The summed E-state index contributed by atoms with van der Waals surface area (Å²) in [7, 11) is 2.86. The van der Waals surface area contributed by atoms with E-state index in [9.17, 15) is 18.8 Å². The smallest absolute Gasteiger partial charge is 0.387 e. The molecule has 0 fully saturated rings. The summed E-state index contributed by atoms with van der Waals surface area (Å²) in [6.07, 6.45) is 6.13. The van der Waals surface area contributed by atoms with Crippen LogP contribution in [-0.4, -0.2) is 31.7 Å². The van der Waals surface area contributed by atoms with Crippen molar-refractivity contribution >= 4 is 22.9 Å². The van der Waals surface area contributed by atoms with Gasteiger partial charge in [-0.3, -0.25) is 9.78 Å². The zero-order valence-electron chi connectivity index (χ0n) is 19.2. The van der Waals surface area contributed by atoms with Gasteiger partial charge in [-0.15, -0.1) is 0 Å². The van der Waals surface area contributed by atoms with Crippen molar-refractivity contribution in [3.05, 3.63) is 47.3 Å². The van der Waals surface area contributed by atoms with E-state index in [4.69, 9.17) is 9.47 Å². The van der Waals surface area contributed by atoms with Gasteiger partial charge in [0.25, 0.3) is 5.91 Å². The zero-order chi connectivity index (χ0) is 24.8. The summed E-state index contributed by atoms with van der Waals surface area (Å²) in [5.41, 5.74) is 2.45. The molecule has 0 unspecified atom stereocenters. The van der Waals surface area contributed by atoms with Crippen LogP contribution in [0.2, 0.25) is 0 Å². The first-order valence-electron chi connectivity index (χ1n) is 10.5. The maximum absolute atomic E-state index is 12.8. The minimum atomic E-state index is -3.03. The zero-order valence-corrected chi connectivity index (χ0v) is 19.2. The molecule has 1 aromatic heterocycles. The second-order valence-corrected chi connectivity index (χ2v) is 7.18. The molecule has 3 rings (SSSR count). The number of methoxy groups -OCH3 is 1. The molecule has 2 heterocycles. The fraction of sp³-hybridized carbons (Fsp3) is 0.292. The highest BCUT2D eigenvalue weighted by Gasteiger charge is 2.30. The Hall–Kier alpha value is -4.13. The molecular weight excluding hydrogens is 446 g/mol. The van der Waals surface area contributed by atoms with E-state index in [1.54, 1.807) is 19.1 Å². The molecule has 1 aliphatic heterocycles. The van der Waals surface area contributed by atoms with Crippen LogP contribution in [0.15, 0.2) is 36.1 Å². The predicted octanol–water partition coefficient (Wildman–Crippen LogP) is 5.55. The van der Waals surface area contributed by atoms with E-state index in [-0.39, 0.29) is 28.6 Å². The van der Waals surface area contributed by atoms with Gasteiger partial charge < -0.3 is 24.8 Å². The molecule has 0 radical (unpaired) electrons. The van der Waals surface area contributed by atoms with E-state index in [1.165, 1.54) is 32.5 Å². The van der Waals surface area contributed by atoms with Crippen molar-refractivity contribution in [3.8, 4) is 29.1 Å². The topological polar surface area (TPSA) is 106 Å². The quantitative estimate of drug-likeness (QED) is 0.328. The number of halogens is 2. The van der Waals surface area contributed by atoms with Crippen molar-refractivity contribution in [2.45, 2.75) is 33.3 Å². The van der Waals surface area contributed by atoms with Crippen molar-refractivity contribution in [2.75, 3.05) is 19.5 Å². The number of hydrogen-bond donors (Lipinski definition) is 2. The Morgan fingerprint density at radius 3 is 2.74 bits per heavy atom. The van der Waals surface area contributed by atoms with Gasteiger partial charge in [-0.25, -0.2) is 0 Å². The molecule has 1 aliphatic rings. The number of ether oxygens (including phenoxy) is 3. The molecule has 2 N–H and O–H groups in total. The van der Waals surface area contributed by atoms with Gasteiger partial charge in [-0.05, 0) is 25.0 Å². The number of fused-ring (bicyclic) bond motifs is 2. The standard InChI is InChI=1S/C24H24F2N4O4/c1-5-7-14(8-13(6-2)11-27)19-22-20(16(12-29-19)23(31)28-3)30-21-17(32-4)9-15(33-24(25)26)10-18(21)34-22/h6,8-10,12,24,30H,5,7H2,1-4H3,(H,28,31)/b13-6+,14-8+. The summed E-state index contributed by atoms with van der Waals surface area (Å²) in [6, 6.07) is 4.71. The second-order valence-electron chi connectivity index (χ2n) is 7.18. The molecule has 0 aliphatic carbocycles. The summed E-state index contributed by atoms with van der Waals surface area (Å²) in [5, 5.41) is 15.1. The van der Waals surface area contributed by atoms with Crippen LogP contribution in [0.1, 0.15) is 42.7 Å². The van der Waals surface area contributed by atoms with Crippen molar-refractivity contribution in [1.82, 2.24) is 10.3 Å². The van der Waals surface area contributed by atoms with Gasteiger partial charge in [-0.2, -0.15) is 14.0 Å². The number of nitriles is 1. The van der Waals surface area contributed by atoms with Crippen molar-refractivity contribution < 1.29 is 27.8 Å². The van der Waals surface area contributed by atoms with Crippen LogP contribution in [0.3, 0.4) is 0 Å². The van der Waals surface area contributed by atoms with Crippen molar-refractivity contribution in [2.24, 2.45) is 0 Å². The Kier molecular flexibility index (Phi) is 7.68. The first kappa shape index (κ1) is 24.5. The number of aromatic nitrogens is 1. The third-order valence-corrected chi connectivity index (χ3v) is 5.05. The Labute approximate surface area is 195 Å². The Bertz CT molecular complexity index is 1200. The lowest BCUT2D eigenvalue weighted by Gasteiger charge is -2.27. The third-order valence-electron chi connectivity index (χ3n) is 5.05.